The average Bonchev–Trinajstić information content (AvgIpc) is 3.18. The minimum atomic E-state index is -0.636. The molecule has 1 aliphatic rings. The molecule has 116 valence electrons. The Balaban J connectivity index is 2.05. The summed E-state index contributed by atoms with van der Waals surface area (Å²) in [6.45, 7) is 9.25. The summed E-state index contributed by atoms with van der Waals surface area (Å²) in [6.07, 6.45) is 2.82. The molecule has 0 bridgehead atoms. The van der Waals surface area contributed by atoms with E-state index in [1.54, 1.807) is 0 Å². The fourth-order valence-corrected chi connectivity index (χ4v) is 3.10. The average molecular weight is 290 g/mol. The Morgan fingerprint density at radius 1 is 1.38 bits per heavy atom. The number of ether oxygens (including phenoxy) is 1. The quantitative estimate of drug-likeness (QED) is 0.814. The highest BCUT2D eigenvalue weighted by Gasteiger charge is 2.43. The maximum atomic E-state index is 10.9. The molecule has 1 aromatic rings. The van der Waals surface area contributed by atoms with E-state index in [-0.39, 0.29) is 5.92 Å². The number of hydrogen-bond acceptors (Lipinski definition) is 2. The van der Waals surface area contributed by atoms with Crippen LogP contribution < -0.4 is 4.74 Å². The van der Waals surface area contributed by atoms with E-state index in [9.17, 15) is 4.79 Å². The highest BCUT2D eigenvalue weighted by atomic mass is 16.5. The Hall–Kier alpha value is -1.51. The molecule has 3 nitrogen and oxygen atoms in total. The molecule has 2 rings (SSSR count). The first kappa shape index (κ1) is 15.9. The number of aliphatic carboxylic acids is 1. The fourth-order valence-electron chi connectivity index (χ4n) is 3.10. The van der Waals surface area contributed by atoms with Crippen molar-refractivity contribution in [2.75, 3.05) is 6.61 Å². The third-order valence-corrected chi connectivity index (χ3v) is 4.45. The van der Waals surface area contributed by atoms with Crippen LogP contribution >= 0.6 is 0 Å². The monoisotopic (exact) mass is 290 g/mol. The standard InChI is InChI=1S/C18H26O3/c1-5-6-21-17-9-12(3)15(8-13(17)4)11(2)7-14-10-16(14)18(19)20/h8-9,11,14,16H,5-7,10H2,1-4H3,(H,19,20). The van der Waals surface area contributed by atoms with E-state index >= 15 is 0 Å². The topological polar surface area (TPSA) is 46.5 Å². The summed E-state index contributed by atoms with van der Waals surface area (Å²) in [7, 11) is 0. The normalized spacial score (nSPS) is 21.9. The molecule has 0 spiro atoms. The number of carboxylic acid groups (broad SMARTS) is 1. The minimum absolute atomic E-state index is 0.110. The van der Waals surface area contributed by atoms with Crippen LogP contribution in [-0.4, -0.2) is 17.7 Å². The van der Waals surface area contributed by atoms with Crippen molar-refractivity contribution in [1.29, 1.82) is 0 Å². The van der Waals surface area contributed by atoms with Gasteiger partial charge in [-0.1, -0.05) is 19.9 Å². The van der Waals surface area contributed by atoms with Gasteiger partial charge in [0, 0.05) is 0 Å². The van der Waals surface area contributed by atoms with Gasteiger partial charge in [-0.25, -0.2) is 0 Å². The summed E-state index contributed by atoms with van der Waals surface area (Å²) in [6, 6.07) is 4.33. The molecule has 1 aliphatic carbocycles. The van der Waals surface area contributed by atoms with Gasteiger partial charge in [0.1, 0.15) is 5.75 Å². The summed E-state index contributed by atoms with van der Waals surface area (Å²) < 4.78 is 5.77. The summed E-state index contributed by atoms with van der Waals surface area (Å²) in [5.41, 5.74) is 3.74. The molecule has 0 saturated heterocycles. The molecule has 21 heavy (non-hydrogen) atoms. The van der Waals surface area contributed by atoms with Gasteiger partial charge < -0.3 is 9.84 Å². The number of rotatable bonds is 7. The molecule has 0 aliphatic heterocycles. The van der Waals surface area contributed by atoms with Crippen LogP contribution in [0, 0.1) is 25.7 Å². The molecule has 0 radical (unpaired) electrons. The Labute approximate surface area is 127 Å². The summed E-state index contributed by atoms with van der Waals surface area (Å²) >= 11 is 0. The molecule has 0 amide bonds. The van der Waals surface area contributed by atoms with Crippen LogP contribution in [0.5, 0.6) is 5.75 Å². The lowest BCUT2D eigenvalue weighted by Gasteiger charge is -2.18. The van der Waals surface area contributed by atoms with E-state index in [2.05, 4.69) is 39.8 Å². The zero-order chi connectivity index (χ0) is 15.6. The van der Waals surface area contributed by atoms with Crippen molar-refractivity contribution in [3.63, 3.8) is 0 Å². The summed E-state index contributed by atoms with van der Waals surface area (Å²) in [5.74, 6) is 0.982. The molecular formula is C18H26O3. The second-order valence-corrected chi connectivity index (χ2v) is 6.40. The van der Waals surface area contributed by atoms with E-state index in [1.807, 2.05) is 0 Å². The molecule has 0 aromatic heterocycles. The largest absolute Gasteiger partial charge is 0.493 e. The van der Waals surface area contributed by atoms with Crippen molar-refractivity contribution < 1.29 is 14.6 Å². The maximum absolute atomic E-state index is 10.9. The van der Waals surface area contributed by atoms with Gasteiger partial charge in [-0.15, -0.1) is 0 Å². The Morgan fingerprint density at radius 3 is 2.67 bits per heavy atom. The number of carbonyl (C=O) groups is 1. The second kappa shape index (κ2) is 6.50. The van der Waals surface area contributed by atoms with Crippen LogP contribution in [0.25, 0.3) is 0 Å². The lowest BCUT2D eigenvalue weighted by atomic mass is 9.90. The predicted octanol–water partition coefficient (Wildman–Crippen LogP) is 4.31. The van der Waals surface area contributed by atoms with Gasteiger partial charge in [0.25, 0.3) is 0 Å². The lowest BCUT2D eigenvalue weighted by molar-refractivity contribution is -0.138. The molecule has 1 aromatic carbocycles. The number of benzene rings is 1. The molecule has 3 heteroatoms. The van der Waals surface area contributed by atoms with Gasteiger partial charge in [0.05, 0.1) is 12.5 Å². The number of hydrogen-bond donors (Lipinski definition) is 1. The first-order valence-corrected chi connectivity index (χ1v) is 7.90. The van der Waals surface area contributed by atoms with Crippen LogP contribution in [0.15, 0.2) is 12.1 Å². The SMILES string of the molecule is CCCOc1cc(C)c(C(C)CC2CC2C(=O)O)cc1C. The molecule has 0 heterocycles. The van der Waals surface area contributed by atoms with Gasteiger partial charge in [-0.3, -0.25) is 4.79 Å². The van der Waals surface area contributed by atoms with E-state index < -0.39 is 5.97 Å². The van der Waals surface area contributed by atoms with E-state index in [0.717, 1.165) is 31.6 Å². The Morgan fingerprint density at radius 2 is 2.10 bits per heavy atom. The second-order valence-electron chi connectivity index (χ2n) is 6.40. The number of carboxylic acids is 1. The molecule has 1 saturated carbocycles. The molecule has 1 N–H and O–H groups in total. The van der Waals surface area contributed by atoms with Crippen LogP contribution in [0.2, 0.25) is 0 Å². The zero-order valence-corrected chi connectivity index (χ0v) is 13.5. The van der Waals surface area contributed by atoms with Crippen molar-refractivity contribution in [3.8, 4) is 5.75 Å². The van der Waals surface area contributed by atoms with E-state index in [4.69, 9.17) is 9.84 Å². The van der Waals surface area contributed by atoms with Gasteiger partial charge in [0.15, 0.2) is 0 Å². The third kappa shape index (κ3) is 3.78. The fraction of sp³-hybridized carbons (Fsp3) is 0.611. The smallest absolute Gasteiger partial charge is 0.306 e. The van der Waals surface area contributed by atoms with Crippen LogP contribution in [0.3, 0.4) is 0 Å². The first-order valence-electron chi connectivity index (χ1n) is 7.90. The zero-order valence-electron chi connectivity index (χ0n) is 13.5. The molecule has 3 atom stereocenters. The van der Waals surface area contributed by atoms with Crippen LogP contribution in [0.1, 0.15) is 55.7 Å². The maximum Gasteiger partial charge on any atom is 0.306 e. The van der Waals surface area contributed by atoms with Gasteiger partial charge in [0.2, 0.25) is 0 Å². The van der Waals surface area contributed by atoms with Crippen molar-refractivity contribution >= 4 is 5.97 Å². The van der Waals surface area contributed by atoms with Crippen molar-refractivity contribution in [1.82, 2.24) is 0 Å². The van der Waals surface area contributed by atoms with Crippen LogP contribution in [0.4, 0.5) is 0 Å². The van der Waals surface area contributed by atoms with Crippen molar-refractivity contribution in [3.05, 3.63) is 28.8 Å². The summed E-state index contributed by atoms with van der Waals surface area (Å²) in [5, 5.41) is 9.01. The van der Waals surface area contributed by atoms with Gasteiger partial charge >= 0.3 is 5.97 Å². The van der Waals surface area contributed by atoms with Gasteiger partial charge in [-0.2, -0.15) is 0 Å². The summed E-state index contributed by atoms with van der Waals surface area (Å²) in [4.78, 5) is 10.9. The molecule has 3 unspecified atom stereocenters. The third-order valence-electron chi connectivity index (χ3n) is 4.45. The number of aryl methyl sites for hydroxylation is 2. The minimum Gasteiger partial charge on any atom is -0.493 e. The predicted molar refractivity (Wildman–Crippen MR) is 84.0 cm³/mol. The van der Waals surface area contributed by atoms with Crippen molar-refractivity contribution in [2.45, 2.75) is 52.9 Å². The van der Waals surface area contributed by atoms with Crippen molar-refractivity contribution in [2.24, 2.45) is 11.8 Å². The lowest BCUT2D eigenvalue weighted by Crippen LogP contribution is -2.05. The Bertz CT molecular complexity index is 521. The van der Waals surface area contributed by atoms with E-state index in [1.165, 1.54) is 16.7 Å². The molecule has 1 fully saturated rings. The molecular weight excluding hydrogens is 264 g/mol. The first-order chi connectivity index (χ1) is 9.93. The highest BCUT2D eigenvalue weighted by Crippen LogP contribution is 2.45. The van der Waals surface area contributed by atoms with E-state index in [0.29, 0.717) is 11.8 Å². The van der Waals surface area contributed by atoms with Crippen LogP contribution in [-0.2, 0) is 4.79 Å². The highest BCUT2D eigenvalue weighted by molar-refractivity contribution is 5.73. The Kier molecular flexibility index (Phi) is 4.92. The van der Waals surface area contributed by atoms with Gasteiger partial charge in [-0.05, 0) is 67.7 Å².